The van der Waals surface area contributed by atoms with Crippen LogP contribution in [0.15, 0.2) is 30.3 Å². The van der Waals surface area contributed by atoms with Crippen LogP contribution in [0.5, 0.6) is 0 Å². The molecule has 1 aliphatic rings. The molecule has 9 heteroatoms. The summed E-state index contributed by atoms with van der Waals surface area (Å²) in [7, 11) is -1.23. The number of terminal acetylenes is 1. The Balaban J connectivity index is 2.19. The van der Waals surface area contributed by atoms with Gasteiger partial charge in [-0.25, -0.2) is 0 Å². The number of hydrogen-bond acceptors (Lipinski definition) is 6. The van der Waals surface area contributed by atoms with E-state index in [9.17, 15) is 24.0 Å². The van der Waals surface area contributed by atoms with E-state index in [1.54, 1.807) is 0 Å². The minimum Gasteiger partial charge on any atom is -0.390 e. The number of aliphatic hydroxyl groups excluding tert-OH is 2. The molecule has 2 amide bonds. The van der Waals surface area contributed by atoms with E-state index in [1.165, 1.54) is 6.42 Å². The molecule has 1 unspecified atom stereocenters. The first-order chi connectivity index (χ1) is 21.1. The van der Waals surface area contributed by atoms with Gasteiger partial charge in [-0.05, 0) is 49.8 Å². The standard InChI is InChI=1S/C35H57N3O5S/c1-6-15-30(35(42)37-31(24-28-18-13-10-14-19-28)33(40)32(39)22-26(4)5)36-34(41)29(23-27-16-11-9-12-17-27)25-44(43)21-20-38(7-2)8-3/h1,9,11-12,16-17,26,28-33,39-40H,7-8,10,13-15,18-25H2,2-5H3,(H,36,41)(H,37,42)/t29-,30+,31+,32+,33-,44?/m1/s1. The lowest BCUT2D eigenvalue weighted by Gasteiger charge is -2.33. The summed E-state index contributed by atoms with van der Waals surface area (Å²) in [6.07, 6.45) is 10.3. The number of aliphatic hydroxyl groups is 2. The fourth-order valence-corrected chi connectivity index (χ4v) is 7.41. The Labute approximate surface area is 268 Å². The van der Waals surface area contributed by atoms with Gasteiger partial charge >= 0.3 is 0 Å². The van der Waals surface area contributed by atoms with Gasteiger partial charge in [-0.1, -0.05) is 90.1 Å². The van der Waals surface area contributed by atoms with Gasteiger partial charge in [-0.15, -0.1) is 12.3 Å². The summed E-state index contributed by atoms with van der Waals surface area (Å²) in [5.74, 6) is 2.22. The zero-order chi connectivity index (χ0) is 32.5. The highest BCUT2D eigenvalue weighted by Gasteiger charge is 2.34. The lowest BCUT2D eigenvalue weighted by Crippen LogP contribution is -2.56. The minimum atomic E-state index is -1.23. The lowest BCUT2D eigenvalue weighted by atomic mass is 9.82. The van der Waals surface area contributed by atoms with Crippen molar-refractivity contribution >= 4 is 22.6 Å². The van der Waals surface area contributed by atoms with Crippen LogP contribution in [0, 0.1) is 30.1 Å². The molecule has 2 rings (SSSR count). The fourth-order valence-electron chi connectivity index (χ4n) is 6.06. The largest absolute Gasteiger partial charge is 0.390 e. The quantitative estimate of drug-likeness (QED) is 0.163. The molecule has 0 heterocycles. The molecule has 1 saturated carbocycles. The molecule has 1 fully saturated rings. The highest BCUT2D eigenvalue weighted by atomic mass is 32.2. The average molecular weight is 632 g/mol. The Morgan fingerprint density at radius 1 is 1.05 bits per heavy atom. The first-order valence-electron chi connectivity index (χ1n) is 16.6. The summed E-state index contributed by atoms with van der Waals surface area (Å²) in [6.45, 7) is 10.5. The third-order valence-electron chi connectivity index (χ3n) is 8.73. The Hall–Kier alpha value is -2.25. The maximum Gasteiger partial charge on any atom is 0.243 e. The Kier molecular flexibility index (Phi) is 17.9. The number of amides is 2. The van der Waals surface area contributed by atoms with E-state index >= 15 is 0 Å². The Morgan fingerprint density at radius 2 is 1.70 bits per heavy atom. The summed E-state index contributed by atoms with van der Waals surface area (Å²) in [5.41, 5.74) is 0.946. The molecule has 0 spiro atoms. The predicted molar refractivity (Wildman–Crippen MR) is 179 cm³/mol. The van der Waals surface area contributed by atoms with Crippen LogP contribution in [-0.2, 0) is 26.8 Å². The molecule has 1 aromatic carbocycles. The normalized spacial score (nSPS) is 18.2. The van der Waals surface area contributed by atoms with Gasteiger partial charge in [0.15, 0.2) is 0 Å². The van der Waals surface area contributed by atoms with E-state index in [-0.39, 0.29) is 24.0 Å². The topological polar surface area (TPSA) is 119 Å². The predicted octanol–water partition coefficient (Wildman–Crippen LogP) is 3.67. The van der Waals surface area contributed by atoms with Gasteiger partial charge in [0, 0.05) is 35.3 Å². The van der Waals surface area contributed by atoms with Crippen LogP contribution in [0.4, 0.5) is 0 Å². The zero-order valence-electron chi connectivity index (χ0n) is 27.4. The second kappa shape index (κ2) is 20.7. The van der Waals surface area contributed by atoms with Crippen molar-refractivity contribution in [3.8, 4) is 12.3 Å². The molecular formula is C35H57N3O5S. The molecule has 4 N–H and O–H groups in total. The number of hydrogen-bond donors (Lipinski definition) is 4. The molecule has 8 nitrogen and oxygen atoms in total. The van der Waals surface area contributed by atoms with Crippen LogP contribution in [0.3, 0.4) is 0 Å². The summed E-state index contributed by atoms with van der Waals surface area (Å²) in [6, 6.07) is 7.91. The zero-order valence-corrected chi connectivity index (χ0v) is 28.2. The number of carbonyl (C=O) groups is 2. The molecule has 0 radical (unpaired) electrons. The van der Waals surface area contributed by atoms with Gasteiger partial charge in [0.05, 0.1) is 18.1 Å². The molecule has 0 bridgehead atoms. The van der Waals surface area contributed by atoms with E-state index in [4.69, 9.17) is 6.42 Å². The smallest absolute Gasteiger partial charge is 0.243 e. The number of rotatable bonds is 20. The van der Waals surface area contributed by atoms with Gasteiger partial charge in [0.1, 0.15) is 12.1 Å². The van der Waals surface area contributed by atoms with Crippen molar-refractivity contribution in [1.29, 1.82) is 0 Å². The van der Waals surface area contributed by atoms with Crippen molar-refractivity contribution in [2.75, 3.05) is 31.1 Å². The second-order valence-corrected chi connectivity index (χ2v) is 14.4. The molecule has 0 saturated heterocycles. The molecule has 0 aromatic heterocycles. The molecule has 44 heavy (non-hydrogen) atoms. The average Bonchev–Trinajstić information content (AvgIpc) is 3.00. The number of nitrogens with zero attached hydrogens (tertiary/aromatic N) is 1. The third kappa shape index (κ3) is 13.8. The summed E-state index contributed by atoms with van der Waals surface area (Å²) in [4.78, 5) is 29.5. The molecular weight excluding hydrogens is 574 g/mol. The second-order valence-electron chi connectivity index (χ2n) is 12.7. The van der Waals surface area contributed by atoms with Crippen LogP contribution in [-0.4, -0.2) is 86.6 Å². The van der Waals surface area contributed by atoms with Crippen molar-refractivity contribution < 1.29 is 24.0 Å². The van der Waals surface area contributed by atoms with Crippen molar-refractivity contribution in [1.82, 2.24) is 15.5 Å². The maximum absolute atomic E-state index is 13.7. The van der Waals surface area contributed by atoms with Crippen molar-refractivity contribution in [3.63, 3.8) is 0 Å². The monoisotopic (exact) mass is 631 g/mol. The van der Waals surface area contributed by atoms with Crippen molar-refractivity contribution in [2.45, 2.75) is 110 Å². The van der Waals surface area contributed by atoms with Crippen LogP contribution >= 0.6 is 0 Å². The van der Waals surface area contributed by atoms with Crippen LogP contribution < -0.4 is 10.6 Å². The van der Waals surface area contributed by atoms with Crippen molar-refractivity contribution in [2.24, 2.45) is 17.8 Å². The fraction of sp³-hybridized carbons (Fsp3) is 0.714. The molecule has 6 atom stereocenters. The van der Waals surface area contributed by atoms with Gasteiger partial charge < -0.3 is 25.7 Å². The third-order valence-corrected chi connectivity index (χ3v) is 10.1. The van der Waals surface area contributed by atoms with Crippen LogP contribution in [0.2, 0.25) is 0 Å². The number of benzene rings is 1. The highest BCUT2D eigenvalue weighted by molar-refractivity contribution is 7.85. The molecule has 0 aliphatic heterocycles. The van der Waals surface area contributed by atoms with Crippen LogP contribution in [0.25, 0.3) is 0 Å². The summed E-state index contributed by atoms with van der Waals surface area (Å²) >= 11 is 0. The van der Waals surface area contributed by atoms with Gasteiger partial charge in [0.2, 0.25) is 11.8 Å². The SMILES string of the molecule is C#CC[C@H](NC(=O)[C@H](Cc1ccccc1)CS(=O)CCN(CC)CC)C(=O)N[C@@H](CC1CCCCC1)[C@@H](O)[C@@H](O)CC(C)C. The Bertz CT molecular complexity index is 1040. The Morgan fingerprint density at radius 3 is 2.30 bits per heavy atom. The van der Waals surface area contributed by atoms with Gasteiger partial charge in [0.25, 0.3) is 0 Å². The maximum atomic E-state index is 13.7. The first-order valence-corrected chi connectivity index (χ1v) is 18.1. The molecule has 248 valence electrons. The lowest BCUT2D eigenvalue weighted by molar-refractivity contribution is -0.132. The summed E-state index contributed by atoms with van der Waals surface area (Å²) in [5, 5.41) is 27.7. The van der Waals surface area contributed by atoms with Gasteiger partial charge in [-0.3, -0.25) is 13.8 Å². The molecule has 1 aliphatic carbocycles. The summed E-state index contributed by atoms with van der Waals surface area (Å²) < 4.78 is 13.1. The highest BCUT2D eigenvalue weighted by Crippen LogP contribution is 2.29. The van der Waals surface area contributed by atoms with Crippen LogP contribution in [0.1, 0.15) is 84.6 Å². The molecule has 1 aromatic rings. The van der Waals surface area contributed by atoms with E-state index in [0.29, 0.717) is 37.5 Å². The first kappa shape index (κ1) is 37.9. The van der Waals surface area contributed by atoms with E-state index in [1.807, 2.05) is 44.2 Å². The minimum absolute atomic E-state index is 0.0263. The number of carbonyl (C=O) groups excluding carboxylic acids is 2. The van der Waals surface area contributed by atoms with E-state index < -0.39 is 46.9 Å². The van der Waals surface area contributed by atoms with E-state index in [0.717, 1.165) is 44.3 Å². The number of nitrogens with one attached hydrogen (secondary N) is 2. The van der Waals surface area contributed by atoms with Gasteiger partial charge in [-0.2, -0.15) is 0 Å². The van der Waals surface area contributed by atoms with Crippen molar-refractivity contribution in [3.05, 3.63) is 35.9 Å². The van der Waals surface area contributed by atoms with E-state index in [2.05, 4.69) is 35.3 Å².